The van der Waals surface area contributed by atoms with E-state index in [1.807, 2.05) is 18.0 Å². The van der Waals surface area contributed by atoms with Gasteiger partial charge in [0, 0.05) is 22.8 Å². The molecule has 3 N–H and O–H groups in total. The fraction of sp³-hybridized carbons (Fsp3) is 0.0714. The van der Waals surface area contributed by atoms with Crippen LogP contribution >= 0.6 is 15.9 Å². The second-order valence-corrected chi connectivity index (χ2v) is 4.97. The summed E-state index contributed by atoms with van der Waals surface area (Å²) in [6, 6.07) is 11.7. The number of anilines is 2. The molecule has 0 radical (unpaired) electrons. The van der Waals surface area contributed by atoms with Crippen LogP contribution in [0, 0.1) is 11.2 Å². The van der Waals surface area contributed by atoms with E-state index in [0.717, 1.165) is 15.8 Å². The number of nitrogen functional groups attached to an aromatic ring is 1. The van der Waals surface area contributed by atoms with Gasteiger partial charge in [-0.3, -0.25) is 5.41 Å². The van der Waals surface area contributed by atoms with E-state index < -0.39 is 0 Å². The van der Waals surface area contributed by atoms with Crippen LogP contribution in [-0.2, 0) is 0 Å². The second kappa shape index (κ2) is 5.40. The maximum atomic E-state index is 12.9. The van der Waals surface area contributed by atoms with Gasteiger partial charge in [-0.15, -0.1) is 0 Å². The van der Waals surface area contributed by atoms with E-state index in [9.17, 15) is 4.39 Å². The van der Waals surface area contributed by atoms with Crippen molar-refractivity contribution < 1.29 is 4.39 Å². The first-order valence-corrected chi connectivity index (χ1v) is 6.41. The number of benzene rings is 2. The largest absolute Gasteiger partial charge is 0.384 e. The van der Waals surface area contributed by atoms with Crippen molar-refractivity contribution in [1.82, 2.24) is 0 Å². The Bertz CT molecular complexity index is 611. The molecular weight excluding hydrogens is 309 g/mol. The zero-order valence-electron chi connectivity index (χ0n) is 10.3. The first-order valence-electron chi connectivity index (χ1n) is 5.62. The number of nitrogens with one attached hydrogen (secondary N) is 1. The Kier molecular flexibility index (Phi) is 3.85. The van der Waals surface area contributed by atoms with E-state index in [-0.39, 0.29) is 11.7 Å². The van der Waals surface area contributed by atoms with Gasteiger partial charge in [0.15, 0.2) is 0 Å². The van der Waals surface area contributed by atoms with E-state index in [2.05, 4.69) is 15.9 Å². The zero-order chi connectivity index (χ0) is 14.0. The van der Waals surface area contributed by atoms with Crippen LogP contribution in [0.2, 0.25) is 0 Å². The van der Waals surface area contributed by atoms with Crippen LogP contribution < -0.4 is 10.6 Å². The molecule has 0 amide bonds. The topological polar surface area (TPSA) is 53.1 Å². The lowest BCUT2D eigenvalue weighted by molar-refractivity contribution is 0.628. The van der Waals surface area contributed by atoms with Crippen molar-refractivity contribution in [2.45, 2.75) is 0 Å². The summed E-state index contributed by atoms with van der Waals surface area (Å²) in [7, 11) is 1.89. The minimum Gasteiger partial charge on any atom is -0.384 e. The molecule has 0 aliphatic heterocycles. The van der Waals surface area contributed by atoms with Gasteiger partial charge in [0.2, 0.25) is 0 Å². The molecule has 0 heterocycles. The van der Waals surface area contributed by atoms with Gasteiger partial charge in [-0.25, -0.2) is 4.39 Å². The molecular formula is C14H13BrFN3. The fourth-order valence-corrected chi connectivity index (χ4v) is 2.40. The summed E-state index contributed by atoms with van der Waals surface area (Å²) in [6.07, 6.45) is 0. The molecule has 2 aromatic rings. The van der Waals surface area contributed by atoms with E-state index in [4.69, 9.17) is 11.1 Å². The van der Waals surface area contributed by atoms with Crippen LogP contribution in [0.5, 0.6) is 0 Å². The van der Waals surface area contributed by atoms with Gasteiger partial charge < -0.3 is 10.6 Å². The average Bonchev–Trinajstić information content (AvgIpc) is 2.38. The molecule has 0 atom stereocenters. The minimum absolute atomic E-state index is 0.0247. The SMILES string of the molecule is CN(c1ccc(F)cc1)c1ccc(C(=N)N)cc1Br. The van der Waals surface area contributed by atoms with Gasteiger partial charge in [-0.2, -0.15) is 0 Å². The maximum absolute atomic E-state index is 12.9. The maximum Gasteiger partial charge on any atom is 0.123 e. The molecule has 2 rings (SSSR count). The number of amidine groups is 1. The second-order valence-electron chi connectivity index (χ2n) is 4.12. The Morgan fingerprint density at radius 1 is 1.21 bits per heavy atom. The number of nitrogens with two attached hydrogens (primary N) is 1. The Balaban J connectivity index is 2.36. The molecule has 0 spiro atoms. The average molecular weight is 322 g/mol. The predicted molar refractivity (Wildman–Crippen MR) is 79.6 cm³/mol. The summed E-state index contributed by atoms with van der Waals surface area (Å²) in [5.74, 6) is -0.236. The van der Waals surface area contributed by atoms with Crippen LogP contribution in [-0.4, -0.2) is 12.9 Å². The van der Waals surface area contributed by atoms with Crippen LogP contribution in [0.3, 0.4) is 0 Å². The number of hydrogen-bond acceptors (Lipinski definition) is 2. The van der Waals surface area contributed by atoms with E-state index >= 15 is 0 Å². The van der Waals surface area contributed by atoms with Crippen molar-refractivity contribution in [2.24, 2.45) is 5.73 Å². The van der Waals surface area contributed by atoms with Gasteiger partial charge in [0.1, 0.15) is 11.7 Å². The smallest absolute Gasteiger partial charge is 0.123 e. The van der Waals surface area contributed by atoms with Gasteiger partial charge in [-0.05, 0) is 58.4 Å². The minimum atomic E-state index is -0.261. The van der Waals surface area contributed by atoms with Gasteiger partial charge in [0.25, 0.3) is 0 Å². The number of nitrogens with zero attached hydrogens (tertiary/aromatic N) is 1. The normalized spacial score (nSPS) is 10.3. The number of halogens is 2. The highest BCUT2D eigenvalue weighted by molar-refractivity contribution is 9.10. The Morgan fingerprint density at radius 2 is 1.84 bits per heavy atom. The molecule has 0 saturated carbocycles. The third kappa shape index (κ3) is 2.93. The van der Waals surface area contributed by atoms with Crippen molar-refractivity contribution in [3.05, 3.63) is 58.3 Å². The van der Waals surface area contributed by atoms with Crippen molar-refractivity contribution in [2.75, 3.05) is 11.9 Å². The van der Waals surface area contributed by atoms with Crippen molar-refractivity contribution in [1.29, 1.82) is 5.41 Å². The van der Waals surface area contributed by atoms with Crippen LogP contribution in [0.1, 0.15) is 5.56 Å². The first-order chi connectivity index (χ1) is 8.99. The molecule has 0 aliphatic carbocycles. The highest BCUT2D eigenvalue weighted by atomic mass is 79.9. The molecule has 0 aliphatic rings. The number of hydrogen-bond donors (Lipinski definition) is 2. The monoisotopic (exact) mass is 321 g/mol. The van der Waals surface area contributed by atoms with Crippen molar-refractivity contribution in [3.8, 4) is 0 Å². The highest BCUT2D eigenvalue weighted by Gasteiger charge is 2.09. The Morgan fingerprint density at radius 3 is 2.37 bits per heavy atom. The summed E-state index contributed by atoms with van der Waals surface area (Å²) in [5.41, 5.74) is 7.89. The van der Waals surface area contributed by atoms with Crippen molar-refractivity contribution in [3.63, 3.8) is 0 Å². The summed E-state index contributed by atoms with van der Waals surface area (Å²) >= 11 is 3.46. The van der Waals surface area contributed by atoms with Crippen LogP contribution in [0.15, 0.2) is 46.9 Å². The molecule has 19 heavy (non-hydrogen) atoms. The summed E-state index contributed by atoms with van der Waals surface area (Å²) in [6.45, 7) is 0. The number of rotatable bonds is 3. The first kappa shape index (κ1) is 13.5. The molecule has 5 heteroatoms. The lowest BCUT2D eigenvalue weighted by Gasteiger charge is -2.21. The summed E-state index contributed by atoms with van der Waals surface area (Å²) in [4.78, 5) is 1.92. The van der Waals surface area contributed by atoms with E-state index in [1.165, 1.54) is 12.1 Å². The quantitative estimate of drug-likeness (QED) is 0.669. The molecule has 0 saturated heterocycles. The molecule has 98 valence electrons. The Hall–Kier alpha value is -1.88. The zero-order valence-corrected chi connectivity index (χ0v) is 11.9. The van der Waals surface area contributed by atoms with Crippen LogP contribution in [0.4, 0.5) is 15.8 Å². The highest BCUT2D eigenvalue weighted by Crippen LogP contribution is 2.31. The fourth-order valence-electron chi connectivity index (χ4n) is 1.75. The molecule has 0 aromatic heterocycles. The summed E-state index contributed by atoms with van der Waals surface area (Å²) in [5, 5.41) is 7.40. The molecule has 0 unspecified atom stereocenters. The van der Waals surface area contributed by atoms with E-state index in [1.54, 1.807) is 24.3 Å². The predicted octanol–water partition coefficient (Wildman–Crippen LogP) is 3.64. The van der Waals surface area contributed by atoms with E-state index in [0.29, 0.717) is 5.56 Å². The van der Waals surface area contributed by atoms with Crippen molar-refractivity contribution >= 4 is 33.1 Å². The molecule has 0 bridgehead atoms. The lowest BCUT2D eigenvalue weighted by atomic mass is 10.1. The molecule has 2 aromatic carbocycles. The van der Waals surface area contributed by atoms with Gasteiger partial charge >= 0.3 is 0 Å². The summed E-state index contributed by atoms with van der Waals surface area (Å²) < 4.78 is 13.7. The molecule has 3 nitrogen and oxygen atoms in total. The van der Waals surface area contributed by atoms with Crippen LogP contribution in [0.25, 0.3) is 0 Å². The Labute approximate surface area is 119 Å². The molecule has 0 fully saturated rings. The third-order valence-electron chi connectivity index (χ3n) is 2.83. The standard InChI is InChI=1S/C14H13BrFN3/c1-19(11-5-3-10(16)4-6-11)13-7-2-9(14(17)18)8-12(13)15/h2-8H,1H3,(H3,17,18). The third-order valence-corrected chi connectivity index (χ3v) is 3.47. The van der Waals surface area contributed by atoms with Gasteiger partial charge in [-0.1, -0.05) is 0 Å². The van der Waals surface area contributed by atoms with Gasteiger partial charge in [0.05, 0.1) is 5.69 Å². The lowest BCUT2D eigenvalue weighted by Crippen LogP contribution is -2.13.